The van der Waals surface area contributed by atoms with Crippen LogP contribution < -0.4 is 10.1 Å². The van der Waals surface area contributed by atoms with Crippen molar-refractivity contribution in [1.82, 2.24) is 5.32 Å². The van der Waals surface area contributed by atoms with Crippen molar-refractivity contribution in [2.75, 3.05) is 13.2 Å². The van der Waals surface area contributed by atoms with Gasteiger partial charge in [0, 0.05) is 24.7 Å². The first-order valence-electron chi connectivity index (χ1n) is 5.86. The van der Waals surface area contributed by atoms with Gasteiger partial charge in [0.15, 0.2) is 0 Å². The minimum Gasteiger partial charge on any atom is -0.492 e. The summed E-state index contributed by atoms with van der Waals surface area (Å²) in [5, 5.41) is 3.21. The molecule has 0 fully saturated rings. The predicted octanol–water partition coefficient (Wildman–Crippen LogP) is 2.90. The van der Waals surface area contributed by atoms with Crippen LogP contribution in [-0.2, 0) is 6.54 Å². The molecule has 0 unspecified atom stereocenters. The summed E-state index contributed by atoms with van der Waals surface area (Å²) in [5.74, 6) is 0.321. The van der Waals surface area contributed by atoms with Gasteiger partial charge in [0.05, 0.1) is 12.5 Å². The highest BCUT2D eigenvalue weighted by atomic mass is 19.1. The van der Waals surface area contributed by atoms with Crippen LogP contribution in [0, 0.1) is 12.7 Å². The number of halogens is 1. The van der Waals surface area contributed by atoms with E-state index in [4.69, 9.17) is 9.15 Å². The lowest BCUT2D eigenvalue weighted by molar-refractivity contribution is 0.312. The molecular weight excluding hydrogens is 233 g/mol. The van der Waals surface area contributed by atoms with Crippen molar-refractivity contribution in [2.45, 2.75) is 13.5 Å². The maximum Gasteiger partial charge on any atom is 0.129 e. The molecule has 0 amide bonds. The van der Waals surface area contributed by atoms with Crippen molar-refractivity contribution < 1.29 is 13.5 Å². The van der Waals surface area contributed by atoms with Gasteiger partial charge >= 0.3 is 0 Å². The Hall–Kier alpha value is -1.81. The maximum absolute atomic E-state index is 13.2. The zero-order valence-electron chi connectivity index (χ0n) is 10.3. The van der Waals surface area contributed by atoms with E-state index < -0.39 is 0 Å². The molecule has 2 rings (SSSR count). The van der Waals surface area contributed by atoms with Crippen molar-refractivity contribution >= 4 is 0 Å². The van der Waals surface area contributed by atoms with Gasteiger partial charge in [0.1, 0.15) is 18.2 Å². The number of benzene rings is 1. The minimum atomic E-state index is -0.237. The summed E-state index contributed by atoms with van der Waals surface area (Å²) < 4.78 is 23.6. The number of hydrogen-bond acceptors (Lipinski definition) is 3. The molecule has 0 bridgehead atoms. The fraction of sp³-hybridized carbons (Fsp3) is 0.286. The summed E-state index contributed by atoms with van der Waals surface area (Å²) in [6.07, 6.45) is 3.34. The summed E-state index contributed by atoms with van der Waals surface area (Å²) in [6.45, 7) is 3.66. The summed E-state index contributed by atoms with van der Waals surface area (Å²) >= 11 is 0. The minimum absolute atomic E-state index is 0.237. The van der Waals surface area contributed by atoms with Crippen molar-refractivity contribution in [2.24, 2.45) is 0 Å². The van der Waals surface area contributed by atoms with Crippen LogP contribution in [0.1, 0.15) is 11.1 Å². The maximum atomic E-state index is 13.2. The van der Waals surface area contributed by atoms with Crippen molar-refractivity contribution in [3.8, 4) is 5.75 Å². The molecule has 0 aliphatic carbocycles. The van der Waals surface area contributed by atoms with Crippen LogP contribution in [0.4, 0.5) is 4.39 Å². The standard InChI is InChI=1S/C14H16FNO2/c1-11-2-3-13(8-14(11)15)18-7-5-16-9-12-4-6-17-10-12/h2-4,6,8,10,16H,5,7,9H2,1H3. The van der Waals surface area contributed by atoms with Gasteiger partial charge in [-0.15, -0.1) is 0 Å². The lowest BCUT2D eigenvalue weighted by atomic mass is 10.2. The third-order valence-corrected chi connectivity index (χ3v) is 2.60. The molecule has 0 spiro atoms. The van der Waals surface area contributed by atoms with Gasteiger partial charge in [-0.2, -0.15) is 0 Å². The average Bonchev–Trinajstić information content (AvgIpc) is 2.86. The fourth-order valence-corrected chi connectivity index (χ4v) is 1.53. The third kappa shape index (κ3) is 3.60. The van der Waals surface area contributed by atoms with Gasteiger partial charge in [0.2, 0.25) is 0 Å². The van der Waals surface area contributed by atoms with E-state index in [2.05, 4.69) is 5.32 Å². The number of hydrogen-bond donors (Lipinski definition) is 1. The van der Waals surface area contributed by atoms with Crippen LogP contribution >= 0.6 is 0 Å². The largest absolute Gasteiger partial charge is 0.492 e. The molecule has 0 aliphatic rings. The van der Waals surface area contributed by atoms with Gasteiger partial charge < -0.3 is 14.5 Å². The van der Waals surface area contributed by atoms with Crippen LogP contribution in [0.15, 0.2) is 41.2 Å². The highest BCUT2D eigenvalue weighted by Gasteiger charge is 2.00. The van der Waals surface area contributed by atoms with Crippen LogP contribution in [-0.4, -0.2) is 13.2 Å². The Bertz CT molecular complexity index is 483. The van der Waals surface area contributed by atoms with Crippen LogP contribution in [0.3, 0.4) is 0 Å². The number of aryl methyl sites for hydroxylation is 1. The summed E-state index contributed by atoms with van der Waals surface area (Å²) in [7, 11) is 0. The Morgan fingerprint density at radius 3 is 2.94 bits per heavy atom. The summed E-state index contributed by atoms with van der Waals surface area (Å²) in [6, 6.07) is 6.80. The molecule has 3 nitrogen and oxygen atoms in total. The van der Waals surface area contributed by atoms with Gasteiger partial charge in [-0.3, -0.25) is 0 Å². The fourth-order valence-electron chi connectivity index (χ4n) is 1.53. The molecule has 2 aromatic rings. The van der Waals surface area contributed by atoms with E-state index in [1.165, 1.54) is 6.07 Å². The third-order valence-electron chi connectivity index (χ3n) is 2.60. The number of furan rings is 1. The number of ether oxygens (including phenoxy) is 1. The Labute approximate surface area is 106 Å². The normalized spacial score (nSPS) is 10.6. The lowest BCUT2D eigenvalue weighted by Crippen LogP contribution is -2.20. The SMILES string of the molecule is Cc1ccc(OCCNCc2ccoc2)cc1F. The molecule has 1 N–H and O–H groups in total. The zero-order chi connectivity index (χ0) is 12.8. The first-order chi connectivity index (χ1) is 8.75. The second kappa shape index (κ2) is 6.21. The summed E-state index contributed by atoms with van der Waals surface area (Å²) in [4.78, 5) is 0. The van der Waals surface area contributed by atoms with Crippen molar-refractivity contribution in [3.05, 3.63) is 53.7 Å². The Morgan fingerprint density at radius 2 is 2.22 bits per heavy atom. The first kappa shape index (κ1) is 12.6. The Balaban J connectivity index is 1.67. The molecule has 0 aliphatic heterocycles. The van der Waals surface area contributed by atoms with Gasteiger partial charge in [-0.1, -0.05) is 6.07 Å². The van der Waals surface area contributed by atoms with E-state index in [0.717, 1.165) is 12.1 Å². The predicted molar refractivity (Wildman–Crippen MR) is 67.0 cm³/mol. The molecule has 18 heavy (non-hydrogen) atoms. The van der Waals surface area contributed by atoms with Crippen LogP contribution in [0.5, 0.6) is 5.75 Å². The smallest absolute Gasteiger partial charge is 0.129 e. The Kier molecular flexibility index (Phi) is 4.36. The van der Waals surface area contributed by atoms with E-state index in [1.807, 2.05) is 6.07 Å². The highest BCUT2D eigenvalue weighted by Crippen LogP contribution is 2.15. The van der Waals surface area contributed by atoms with E-state index in [9.17, 15) is 4.39 Å². The topological polar surface area (TPSA) is 34.4 Å². The number of rotatable bonds is 6. The van der Waals surface area contributed by atoms with Gasteiger partial charge in [-0.05, 0) is 24.6 Å². The van der Waals surface area contributed by atoms with E-state index in [0.29, 0.717) is 24.5 Å². The molecule has 0 atom stereocenters. The molecule has 0 saturated heterocycles. The molecule has 1 aromatic heterocycles. The van der Waals surface area contributed by atoms with Gasteiger partial charge in [0.25, 0.3) is 0 Å². The summed E-state index contributed by atoms with van der Waals surface area (Å²) in [5.41, 5.74) is 1.72. The van der Waals surface area contributed by atoms with Crippen LogP contribution in [0.2, 0.25) is 0 Å². The second-order valence-electron chi connectivity index (χ2n) is 4.07. The zero-order valence-corrected chi connectivity index (χ0v) is 10.3. The molecule has 4 heteroatoms. The molecule has 96 valence electrons. The molecule has 0 saturated carbocycles. The average molecular weight is 249 g/mol. The highest BCUT2D eigenvalue weighted by molar-refractivity contribution is 5.27. The quantitative estimate of drug-likeness (QED) is 0.799. The van der Waals surface area contributed by atoms with E-state index >= 15 is 0 Å². The van der Waals surface area contributed by atoms with Gasteiger partial charge in [-0.25, -0.2) is 4.39 Å². The monoisotopic (exact) mass is 249 g/mol. The van der Waals surface area contributed by atoms with Crippen molar-refractivity contribution in [3.63, 3.8) is 0 Å². The van der Waals surface area contributed by atoms with E-state index in [-0.39, 0.29) is 5.82 Å². The molecule has 0 radical (unpaired) electrons. The van der Waals surface area contributed by atoms with Crippen molar-refractivity contribution in [1.29, 1.82) is 0 Å². The first-order valence-corrected chi connectivity index (χ1v) is 5.86. The molecular formula is C14H16FNO2. The molecule has 1 heterocycles. The van der Waals surface area contributed by atoms with Crippen LogP contribution in [0.25, 0.3) is 0 Å². The molecule has 1 aromatic carbocycles. The Morgan fingerprint density at radius 1 is 1.33 bits per heavy atom. The number of nitrogens with one attached hydrogen (secondary N) is 1. The van der Waals surface area contributed by atoms with E-state index in [1.54, 1.807) is 31.6 Å². The lowest BCUT2D eigenvalue weighted by Gasteiger charge is -2.07. The second-order valence-corrected chi connectivity index (χ2v) is 4.07.